The van der Waals surface area contributed by atoms with E-state index in [2.05, 4.69) is 12.2 Å². The molecule has 0 aliphatic heterocycles. The van der Waals surface area contributed by atoms with Crippen molar-refractivity contribution >= 4 is 11.6 Å². The Balaban J connectivity index is 2.65. The van der Waals surface area contributed by atoms with Gasteiger partial charge in [-0.2, -0.15) is 0 Å². The van der Waals surface area contributed by atoms with Gasteiger partial charge in [-0.3, -0.25) is 4.79 Å². The Morgan fingerprint density at radius 1 is 1.08 bits per heavy atom. The van der Waals surface area contributed by atoms with Crippen LogP contribution in [0.3, 0.4) is 0 Å². The maximum Gasteiger partial charge on any atom is 0.256 e. The largest absolute Gasteiger partial charge is 0.491 e. The zero-order valence-electron chi connectivity index (χ0n) is 15.4. The van der Waals surface area contributed by atoms with Crippen LogP contribution in [0.2, 0.25) is 0 Å². The number of amides is 1. The van der Waals surface area contributed by atoms with Crippen LogP contribution in [0, 0.1) is 0 Å². The summed E-state index contributed by atoms with van der Waals surface area (Å²) in [6, 6.07) is 7.34. The van der Waals surface area contributed by atoms with Gasteiger partial charge in [-0.25, -0.2) is 0 Å². The minimum Gasteiger partial charge on any atom is -0.491 e. The quantitative estimate of drug-likeness (QED) is 0.585. The van der Waals surface area contributed by atoms with E-state index in [0.717, 1.165) is 30.7 Å². The molecule has 0 aliphatic rings. The highest BCUT2D eigenvalue weighted by Crippen LogP contribution is 2.23. The summed E-state index contributed by atoms with van der Waals surface area (Å²) < 4.78 is 16.3. The Bertz CT molecular complexity index is 465. The van der Waals surface area contributed by atoms with Gasteiger partial charge in [0.25, 0.3) is 5.91 Å². The highest BCUT2D eigenvalue weighted by atomic mass is 16.5. The van der Waals surface area contributed by atoms with Gasteiger partial charge in [-0.1, -0.05) is 26.7 Å². The molecule has 0 aromatic heterocycles. The van der Waals surface area contributed by atoms with Crippen molar-refractivity contribution in [2.75, 3.05) is 32.2 Å². The second-order valence-electron chi connectivity index (χ2n) is 6.00. The molecule has 136 valence electrons. The Morgan fingerprint density at radius 3 is 2.38 bits per heavy atom. The molecule has 1 aromatic carbocycles. The molecule has 0 fully saturated rings. The van der Waals surface area contributed by atoms with E-state index < -0.39 is 5.60 Å². The maximum absolute atomic E-state index is 12.7. The van der Waals surface area contributed by atoms with E-state index in [1.165, 1.54) is 0 Å². The van der Waals surface area contributed by atoms with Crippen LogP contribution in [-0.4, -0.2) is 38.4 Å². The van der Waals surface area contributed by atoms with Crippen molar-refractivity contribution in [1.29, 1.82) is 0 Å². The Hall–Kier alpha value is -1.59. The lowest BCUT2D eigenvalue weighted by molar-refractivity contribution is -0.140. The molecule has 5 nitrogen and oxygen atoms in total. The van der Waals surface area contributed by atoms with Crippen LogP contribution in [0.15, 0.2) is 24.3 Å². The highest BCUT2D eigenvalue weighted by Gasteiger charge is 2.33. The summed E-state index contributed by atoms with van der Waals surface area (Å²) in [5.41, 5.74) is -0.0541. The number of ether oxygens (including phenoxy) is 3. The number of benzene rings is 1. The van der Waals surface area contributed by atoms with E-state index >= 15 is 0 Å². The first-order valence-corrected chi connectivity index (χ1v) is 8.73. The van der Waals surface area contributed by atoms with Gasteiger partial charge < -0.3 is 19.5 Å². The SMILES string of the molecule is CCCC[C@](C)(OCCC)C(=O)Nc1ccc(OCCOC)cc1. The predicted octanol–water partition coefficient (Wildman–Crippen LogP) is 4.03. The third-order valence-corrected chi connectivity index (χ3v) is 3.78. The van der Waals surface area contributed by atoms with Crippen LogP contribution in [-0.2, 0) is 14.3 Å². The van der Waals surface area contributed by atoms with Crippen LogP contribution < -0.4 is 10.1 Å². The van der Waals surface area contributed by atoms with E-state index in [1.807, 2.05) is 38.1 Å². The smallest absolute Gasteiger partial charge is 0.256 e. The van der Waals surface area contributed by atoms with Gasteiger partial charge in [-0.15, -0.1) is 0 Å². The topological polar surface area (TPSA) is 56.8 Å². The van der Waals surface area contributed by atoms with Crippen LogP contribution in [0.4, 0.5) is 5.69 Å². The molecular formula is C19H31NO4. The summed E-state index contributed by atoms with van der Waals surface area (Å²) in [5.74, 6) is 0.651. The van der Waals surface area contributed by atoms with Gasteiger partial charge in [-0.05, 0) is 44.0 Å². The van der Waals surface area contributed by atoms with Gasteiger partial charge in [0.15, 0.2) is 0 Å². The first-order valence-electron chi connectivity index (χ1n) is 8.73. The molecule has 0 bridgehead atoms. The van der Waals surface area contributed by atoms with Crippen molar-refractivity contribution in [2.45, 2.75) is 52.1 Å². The molecule has 5 heteroatoms. The lowest BCUT2D eigenvalue weighted by atomic mass is 9.97. The lowest BCUT2D eigenvalue weighted by Crippen LogP contribution is -2.43. The highest BCUT2D eigenvalue weighted by molar-refractivity contribution is 5.97. The Labute approximate surface area is 145 Å². The summed E-state index contributed by atoms with van der Waals surface area (Å²) >= 11 is 0. The van der Waals surface area contributed by atoms with E-state index in [1.54, 1.807) is 7.11 Å². The Morgan fingerprint density at radius 2 is 1.79 bits per heavy atom. The van der Waals surface area contributed by atoms with Crippen molar-refractivity contribution in [3.05, 3.63) is 24.3 Å². The van der Waals surface area contributed by atoms with Crippen LogP contribution >= 0.6 is 0 Å². The van der Waals surface area contributed by atoms with E-state index in [4.69, 9.17) is 14.2 Å². The number of anilines is 1. The zero-order valence-corrected chi connectivity index (χ0v) is 15.4. The molecule has 0 unspecified atom stereocenters. The second-order valence-corrected chi connectivity index (χ2v) is 6.00. The number of unbranched alkanes of at least 4 members (excludes halogenated alkanes) is 1. The molecule has 0 spiro atoms. The van der Waals surface area contributed by atoms with Crippen molar-refractivity contribution < 1.29 is 19.0 Å². The average Bonchev–Trinajstić information content (AvgIpc) is 2.60. The van der Waals surface area contributed by atoms with Gasteiger partial charge in [0.05, 0.1) is 6.61 Å². The number of methoxy groups -OCH3 is 1. The lowest BCUT2D eigenvalue weighted by Gasteiger charge is -2.28. The second kappa shape index (κ2) is 11.0. The maximum atomic E-state index is 12.7. The molecule has 0 saturated heterocycles. The summed E-state index contributed by atoms with van der Waals surface area (Å²) in [5, 5.41) is 2.95. The molecule has 1 N–H and O–H groups in total. The van der Waals surface area contributed by atoms with Crippen molar-refractivity contribution in [3.63, 3.8) is 0 Å². The molecule has 1 amide bonds. The first-order chi connectivity index (χ1) is 11.6. The molecular weight excluding hydrogens is 306 g/mol. The Kier molecular flexibility index (Phi) is 9.42. The standard InChI is InChI=1S/C19H31NO4/c1-5-7-12-19(3,24-13-6-2)18(21)20-16-8-10-17(11-9-16)23-15-14-22-4/h8-11H,5-7,12-15H2,1-4H3,(H,20,21)/t19-/m0/s1. The molecule has 24 heavy (non-hydrogen) atoms. The fourth-order valence-electron chi connectivity index (χ4n) is 2.23. The van der Waals surface area contributed by atoms with Gasteiger partial charge in [0.2, 0.25) is 0 Å². The third kappa shape index (κ3) is 6.89. The van der Waals surface area contributed by atoms with Crippen molar-refractivity contribution in [1.82, 2.24) is 0 Å². The molecule has 0 heterocycles. The number of carbonyl (C=O) groups excluding carboxylic acids is 1. The van der Waals surface area contributed by atoms with Gasteiger partial charge >= 0.3 is 0 Å². The molecule has 1 atom stereocenters. The molecule has 0 saturated carbocycles. The van der Waals surface area contributed by atoms with Crippen LogP contribution in [0.1, 0.15) is 46.5 Å². The first kappa shape index (κ1) is 20.5. The van der Waals surface area contributed by atoms with Crippen molar-refractivity contribution in [2.24, 2.45) is 0 Å². The third-order valence-electron chi connectivity index (χ3n) is 3.78. The van der Waals surface area contributed by atoms with Gasteiger partial charge in [0, 0.05) is 19.4 Å². The predicted molar refractivity (Wildman–Crippen MR) is 96.6 cm³/mol. The number of nitrogens with one attached hydrogen (secondary N) is 1. The minimum atomic E-state index is -0.792. The fourth-order valence-corrected chi connectivity index (χ4v) is 2.23. The zero-order chi connectivity index (χ0) is 17.8. The van der Waals surface area contributed by atoms with Crippen molar-refractivity contribution in [3.8, 4) is 5.75 Å². The molecule has 0 radical (unpaired) electrons. The molecule has 1 aromatic rings. The average molecular weight is 337 g/mol. The summed E-state index contributed by atoms with van der Waals surface area (Å²) in [7, 11) is 1.64. The summed E-state index contributed by atoms with van der Waals surface area (Å²) in [4.78, 5) is 12.7. The fraction of sp³-hybridized carbons (Fsp3) is 0.632. The summed E-state index contributed by atoms with van der Waals surface area (Å²) in [6.45, 7) is 7.65. The minimum absolute atomic E-state index is 0.0996. The number of carbonyl (C=O) groups is 1. The molecule has 1 rings (SSSR count). The van der Waals surface area contributed by atoms with E-state index in [0.29, 0.717) is 26.2 Å². The monoisotopic (exact) mass is 337 g/mol. The van der Waals surface area contributed by atoms with Crippen LogP contribution in [0.5, 0.6) is 5.75 Å². The number of rotatable bonds is 12. The number of hydrogen-bond donors (Lipinski definition) is 1. The normalized spacial score (nSPS) is 13.3. The van der Waals surface area contributed by atoms with Crippen LogP contribution in [0.25, 0.3) is 0 Å². The van der Waals surface area contributed by atoms with E-state index in [9.17, 15) is 4.79 Å². The van der Waals surface area contributed by atoms with Gasteiger partial charge in [0.1, 0.15) is 18.0 Å². The van der Waals surface area contributed by atoms with E-state index in [-0.39, 0.29) is 5.91 Å². The number of hydrogen-bond acceptors (Lipinski definition) is 4. The molecule has 0 aliphatic carbocycles. The summed E-state index contributed by atoms with van der Waals surface area (Å²) in [6.07, 6.45) is 3.60.